The number of rotatable bonds is 6. The Morgan fingerprint density at radius 3 is 2.67 bits per heavy atom. The summed E-state index contributed by atoms with van der Waals surface area (Å²) < 4.78 is 64.8. The summed E-state index contributed by atoms with van der Waals surface area (Å²) in [6.45, 7) is 1.77. The van der Waals surface area contributed by atoms with Crippen molar-refractivity contribution in [2.75, 3.05) is 5.32 Å². The minimum Gasteiger partial charge on any atom is -0.464 e. The number of aryl methyl sites for hydroxylation is 1. The van der Waals surface area contributed by atoms with E-state index in [1.165, 1.54) is 10.9 Å². The molecule has 3 aromatic rings. The molecule has 4 rings (SSSR count). The molecule has 0 spiro atoms. The van der Waals surface area contributed by atoms with Crippen LogP contribution in [0.4, 0.5) is 29.6 Å². The Labute approximate surface area is 205 Å². The first-order valence-corrected chi connectivity index (χ1v) is 12.1. The fraction of sp³-hybridized carbons (Fsp3) is 0.150. The number of hydrogen-bond acceptors (Lipinski definition) is 9. The van der Waals surface area contributed by atoms with Crippen molar-refractivity contribution in [3.8, 4) is 10.4 Å². The van der Waals surface area contributed by atoms with E-state index in [-0.39, 0.29) is 11.0 Å². The molecule has 1 atom stereocenters. The van der Waals surface area contributed by atoms with Gasteiger partial charge in [0.2, 0.25) is 17.8 Å². The first-order chi connectivity index (χ1) is 16.7. The number of nitrogens with one attached hydrogen (secondary N) is 2. The number of aromatic nitrogens is 3. The molecule has 36 heavy (non-hydrogen) atoms. The van der Waals surface area contributed by atoms with Gasteiger partial charge in [-0.1, -0.05) is 10.0 Å². The Morgan fingerprint density at radius 2 is 1.97 bits per heavy atom. The number of amides is 1. The molecule has 1 amide bonds. The van der Waals surface area contributed by atoms with E-state index in [2.05, 4.69) is 20.3 Å². The van der Waals surface area contributed by atoms with E-state index >= 15 is 0 Å². The van der Waals surface area contributed by atoms with Crippen LogP contribution in [0.25, 0.3) is 10.4 Å². The highest BCUT2D eigenvalue weighted by Crippen LogP contribution is 2.35. The Morgan fingerprint density at radius 1 is 1.22 bits per heavy atom. The molecule has 188 valence electrons. The molecule has 4 N–H and O–H groups in total. The summed E-state index contributed by atoms with van der Waals surface area (Å²) in [4.78, 5) is 22.7. The van der Waals surface area contributed by atoms with Crippen molar-refractivity contribution in [1.82, 2.24) is 19.7 Å². The van der Waals surface area contributed by atoms with Gasteiger partial charge >= 0.3 is 22.5 Å². The normalized spacial score (nSPS) is 17.6. The molecular formula is C20H16F3N6O5S2+. The van der Waals surface area contributed by atoms with Gasteiger partial charge in [-0.2, -0.15) is 17.9 Å². The number of alkyl halides is 3. The third-order valence-corrected chi connectivity index (χ3v) is 7.11. The van der Waals surface area contributed by atoms with Crippen LogP contribution in [-0.4, -0.2) is 49.9 Å². The predicted octanol–water partition coefficient (Wildman–Crippen LogP) is 2.98. The molecule has 0 bridgehead atoms. The average molecular weight is 542 g/mol. The lowest BCUT2D eigenvalue weighted by Crippen LogP contribution is -2.36. The largest absolute Gasteiger partial charge is 0.474 e. The van der Waals surface area contributed by atoms with E-state index in [1.807, 2.05) is 0 Å². The van der Waals surface area contributed by atoms with Crippen LogP contribution < -0.4 is 10.0 Å². The van der Waals surface area contributed by atoms with Gasteiger partial charge in [-0.25, -0.2) is 19.7 Å². The molecule has 0 fully saturated rings. The van der Waals surface area contributed by atoms with E-state index in [0.29, 0.717) is 20.1 Å². The summed E-state index contributed by atoms with van der Waals surface area (Å²) in [5.41, 5.74) is -1.26. The molecule has 1 aliphatic heterocycles. The maximum absolute atomic E-state index is 12.9. The molecule has 1 aromatic carbocycles. The summed E-state index contributed by atoms with van der Waals surface area (Å²) >= 11 is 1.03. The standard InChI is InChI=1S/C20H15F3N6O5S2/c1-11-6-12(8-13(7-11)26-17-24-4-2-15(27-17)20(21,22)23)14-9-25-16(35-14)19(32)3-5-29(10-19)36(33,34)28-18(30)31/h2-10,28,32H,1H3,(H-,24,26,27,30,31)/p+1. The van der Waals surface area contributed by atoms with E-state index in [1.54, 1.807) is 25.1 Å². The zero-order chi connectivity index (χ0) is 26.3. The Bertz CT molecular complexity index is 1520. The highest BCUT2D eigenvalue weighted by atomic mass is 32.2. The number of hydrogen-bond donors (Lipinski definition) is 4. The summed E-state index contributed by atoms with van der Waals surface area (Å²) in [7, 11) is -4.47. The zero-order valence-electron chi connectivity index (χ0n) is 18.1. The van der Waals surface area contributed by atoms with Crippen molar-refractivity contribution >= 4 is 45.5 Å². The summed E-state index contributed by atoms with van der Waals surface area (Å²) in [5, 5.41) is 22.4. The lowest BCUT2D eigenvalue weighted by molar-refractivity contribution is -0.274. The van der Waals surface area contributed by atoms with Crippen LogP contribution in [0.2, 0.25) is 0 Å². The number of thiazole rings is 1. The Hall–Kier alpha value is -3.89. The quantitative estimate of drug-likeness (QED) is 0.344. The molecule has 2 aromatic heterocycles. The third-order valence-electron chi connectivity index (χ3n) is 4.71. The van der Waals surface area contributed by atoms with Gasteiger partial charge in [0.25, 0.3) is 0 Å². The fourth-order valence-corrected chi connectivity index (χ4v) is 4.99. The number of carboxylic acid groups (broad SMARTS) is 1. The van der Waals surface area contributed by atoms with Crippen LogP contribution >= 0.6 is 11.3 Å². The van der Waals surface area contributed by atoms with E-state index in [0.717, 1.165) is 47.7 Å². The molecule has 1 unspecified atom stereocenters. The first-order valence-electron chi connectivity index (χ1n) is 9.83. The van der Waals surface area contributed by atoms with Gasteiger partial charge in [0.05, 0.1) is 4.88 Å². The highest BCUT2D eigenvalue weighted by molar-refractivity contribution is 7.84. The highest BCUT2D eigenvalue weighted by Gasteiger charge is 2.42. The van der Waals surface area contributed by atoms with Gasteiger partial charge in [0, 0.05) is 24.2 Å². The second-order valence-electron chi connectivity index (χ2n) is 7.52. The lowest BCUT2D eigenvalue weighted by atomic mass is 10.1. The topological polar surface area (TPSA) is 157 Å². The Balaban J connectivity index is 1.61. The van der Waals surface area contributed by atoms with E-state index in [9.17, 15) is 31.5 Å². The molecular weight excluding hydrogens is 525 g/mol. The number of aliphatic hydroxyl groups is 1. The second kappa shape index (κ2) is 8.96. The van der Waals surface area contributed by atoms with Crippen molar-refractivity contribution in [3.63, 3.8) is 0 Å². The molecule has 0 aliphatic carbocycles. The van der Waals surface area contributed by atoms with Gasteiger partial charge < -0.3 is 15.5 Å². The zero-order valence-corrected chi connectivity index (χ0v) is 19.7. The molecule has 0 saturated heterocycles. The maximum Gasteiger partial charge on any atom is 0.474 e. The van der Waals surface area contributed by atoms with Crippen LogP contribution in [0.15, 0.2) is 48.9 Å². The predicted molar refractivity (Wildman–Crippen MR) is 122 cm³/mol. The maximum atomic E-state index is 12.9. The molecule has 0 radical (unpaired) electrons. The summed E-state index contributed by atoms with van der Waals surface area (Å²) in [5.74, 6) is -0.248. The first kappa shape index (κ1) is 25.2. The average Bonchev–Trinajstić information content (AvgIpc) is 3.41. The number of carbonyl (C=O) groups is 1. The lowest BCUT2D eigenvalue weighted by Gasteiger charge is -2.11. The number of nitrogens with zero attached hydrogens (tertiary/aromatic N) is 4. The van der Waals surface area contributed by atoms with Crippen molar-refractivity contribution in [3.05, 3.63) is 65.2 Å². The van der Waals surface area contributed by atoms with Crippen LogP contribution in [-0.2, 0) is 22.0 Å². The van der Waals surface area contributed by atoms with Crippen molar-refractivity contribution in [1.29, 1.82) is 0 Å². The third kappa shape index (κ3) is 5.34. The van der Waals surface area contributed by atoms with E-state index in [4.69, 9.17) is 5.11 Å². The number of anilines is 2. The summed E-state index contributed by atoms with van der Waals surface area (Å²) in [6, 6.07) is 5.84. The van der Waals surface area contributed by atoms with Gasteiger partial charge in [-0.3, -0.25) is 0 Å². The molecule has 1 aliphatic rings. The van der Waals surface area contributed by atoms with Crippen LogP contribution in [0.1, 0.15) is 16.3 Å². The molecule has 0 saturated carbocycles. The van der Waals surface area contributed by atoms with Crippen LogP contribution in [0, 0.1) is 6.92 Å². The van der Waals surface area contributed by atoms with Crippen molar-refractivity contribution in [2.45, 2.75) is 18.7 Å². The van der Waals surface area contributed by atoms with Crippen LogP contribution in [0.3, 0.4) is 0 Å². The SMILES string of the molecule is Cc1cc(Nc2nccc(C(F)(F)F)n2)cc(-c2cnc(C3(O)C=C[N+](S(=O)(=O)NC(=O)O)=C3)s2)c1. The molecule has 16 heteroatoms. The Kier molecular flexibility index (Phi) is 6.27. The smallest absolute Gasteiger partial charge is 0.464 e. The van der Waals surface area contributed by atoms with Gasteiger partial charge in [0.15, 0.2) is 6.20 Å². The monoisotopic (exact) mass is 541 g/mol. The van der Waals surface area contributed by atoms with Crippen molar-refractivity contribution in [2.24, 2.45) is 0 Å². The number of benzene rings is 1. The minimum atomic E-state index is -4.62. The van der Waals surface area contributed by atoms with Crippen LogP contribution in [0.5, 0.6) is 0 Å². The summed E-state index contributed by atoms with van der Waals surface area (Å²) in [6.07, 6.45) is -0.989. The number of halogens is 3. The van der Waals surface area contributed by atoms with E-state index < -0.39 is 33.8 Å². The molecule has 3 heterocycles. The van der Waals surface area contributed by atoms with Gasteiger partial charge in [-0.15, -0.1) is 19.8 Å². The fourth-order valence-electron chi connectivity index (χ4n) is 3.20. The second-order valence-corrected chi connectivity index (χ2v) is 10.1. The molecule has 11 nitrogen and oxygen atoms in total. The minimum absolute atomic E-state index is 0.0963. The van der Waals surface area contributed by atoms with Crippen molar-refractivity contribution < 1.29 is 40.6 Å². The van der Waals surface area contributed by atoms with Gasteiger partial charge in [-0.05, 0) is 36.2 Å². The van der Waals surface area contributed by atoms with Gasteiger partial charge in [0.1, 0.15) is 10.7 Å².